The lowest BCUT2D eigenvalue weighted by molar-refractivity contribution is 0.552. The van der Waals surface area contributed by atoms with Gasteiger partial charge in [-0.3, -0.25) is 0 Å². The topological polar surface area (TPSA) is 72.2 Å². The van der Waals surface area contributed by atoms with Crippen LogP contribution in [-0.2, 0) is 16.6 Å². The molecule has 0 aliphatic carbocycles. The van der Waals surface area contributed by atoms with Crippen molar-refractivity contribution in [3.05, 3.63) is 52.2 Å². The van der Waals surface area contributed by atoms with Gasteiger partial charge in [0.2, 0.25) is 10.0 Å². The van der Waals surface area contributed by atoms with Gasteiger partial charge in [-0.25, -0.2) is 13.1 Å². The molecule has 0 spiro atoms. The molecule has 6 heteroatoms. The molecule has 0 aliphatic heterocycles. The summed E-state index contributed by atoms with van der Waals surface area (Å²) in [5.41, 5.74) is 6.24. The van der Waals surface area contributed by atoms with E-state index in [1.807, 2.05) is 24.4 Å². The Balaban J connectivity index is 2.31. The van der Waals surface area contributed by atoms with Gasteiger partial charge in [-0.2, -0.15) is 0 Å². The molecule has 0 bridgehead atoms. The zero-order chi connectivity index (χ0) is 14.6. The largest absolute Gasteiger partial charge is 0.326 e. The maximum atomic E-state index is 12.5. The van der Waals surface area contributed by atoms with E-state index in [1.54, 1.807) is 35.6 Å². The average molecular weight is 310 g/mol. The minimum absolute atomic E-state index is 0.201. The second-order valence-electron chi connectivity index (χ2n) is 4.41. The fourth-order valence-corrected chi connectivity index (χ4v) is 4.50. The summed E-state index contributed by atoms with van der Waals surface area (Å²) in [5, 5.41) is 1.94. The van der Waals surface area contributed by atoms with Crippen molar-refractivity contribution in [3.8, 4) is 0 Å². The summed E-state index contributed by atoms with van der Waals surface area (Å²) in [5.74, 6) is 0. The van der Waals surface area contributed by atoms with E-state index in [2.05, 4.69) is 4.72 Å². The number of rotatable bonds is 6. The van der Waals surface area contributed by atoms with Gasteiger partial charge in [-0.15, -0.1) is 11.3 Å². The van der Waals surface area contributed by atoms with Gasteiger partial charge >= 0.3 is 0 Å². The zero-order valence-corrected chi connectivity index (χ0v) is 12.9. The van der Waals surface area contributed by atoms with Crippen LogP contribution in [0.25, 0.3) is 0 Å². The summed E-state index contributed by atoms with van der Waals surface area (Å²) in [6.45, 7) is 2.16. The number of hydrogen-bond donors (Lipinski definition) is 2. The van der Waals surface area contributed by atoms with Crippen LogP contribution in [0.3, 0.4) is 0 Å². The monoisotopic (exact) mass is 310 g/mol. The summed E-state index contributed by atoms with van der Waals surface area (Å²) in [6, 6.07) is 10.5. The first-order valence-electron chi connectivity index (χ1n) is 6.42. The van der Waals surface area contributed by atoms with E-state index in [0.717, 1.165) is 4.88 Å². The number of benzene rings is 1. The molecule has 3 N–H and O–H groups in total. The number of nitrogens with two attached hydrogens (primary N) is 1. The van der Waals surface area contributed by atoms with Gasteiger partial charge in [-0.1, -0.05) is 31.2 Å². The van der Waals surface area contributed by atoms with Crippen LogP contribution in [0.2, 0.25) is 0 Å². The summed E-state index contributed by atoms with van der Waals surface area (Å²) in [4.78, 5) is 1.28. The Morgan fingerprint density at radius 3 is 2.60 bits per heavy atom. The van der Waals surface area contributed by atoms with Crippen molar-refractivity contribution in [1.82, 2.24) is 4.72 Å². The molecule has 4 nitrogen and oxygen atoms in total. The summed E-state index contributed by atoms with van der Waals surface area (Å²) >= 11 is 1.55. The van der Waals surface area contributed by atoms with Crippen LogP contribution < -0.4 is 10.5 Å². The lowest BCUT2D eigenvalue weighted by atomic mass is 10.2. The molecule has 108 valence electrons. The van der Waals surface area contributed by atoms with E-state index < -0.39 is 10.0 Å². The minimum atomic E-state index is -3.56. The van der Waals surface area contributed by atoms with Gasteiger partial charge in [-0.05, 0) is 29.5 Å². The van der Waals surface area contributed by atoms with Crippen LogP contribution in [0, 0.1) is 0 Å². The first-order valence-corrected chi connectivity index (χ1v) is 8.78. The highest BCUT2D eigenvalue weighted by Crippen LogP contribution is 2.25. The highest BCUT2D eigenvalue weighted by Gasteiger charge is 2.22. The standard InChI is InChI=1S/C14H18N2O2S2/c1-2-12(13-7-5-9-19-13)16-20(17,18)14-8-4-3-6-11(14)10-15/h3-9,12,16H,2,10,15H2,1H3. The third-order valence-corrected chi connectivity index (χ3v) is 5.63. The molecule has 1 unspecified atom stereocenters. The fraction of sp³-hybridized carbons (Fsp3) is 0.286. The van der Waals surface area contributed by atoms with Crippen molar-refractivity contribution in [2.45, 2.75) is 30.8 Å². The molecule has 1 aromatic carbocycles. The van der Waals surface area contributed by atoms with Crippen LogP contribution >= 0.6 is 11.3 Å². The van der Waals surface area contributed by atoms with E-state index >= 15 is 0 Å². The summed E-state index contributed by atoms with van der Waals surface area (Å²) in [6.07, 6.45) is 0.699. The molecule has 0 saturated carbocycles. The quantitative estimate of drug-likeness (QED) is 0.861. The Kier molecular flexibility index (Phi) is 4.93. The van der Waals surface area contributed by atoms with E-state index in [0.29, 0.717) is 12.0 Å². The van der Waals surface area contributed by atoms with Gasteiger partial charge in [0.1, 0.15) is 0 Å². The Morgan fingerprint density at radius 2 is 2.00 bits per heavy atom. The van der Waals surface area contributed by atoms with Crippen LogP contribution in [0.15, 0.2) is 46.7 Å². The lowest BCUT2D eigenvalue weighted by Gasteiger charge is -2.17. The second-order valence-corrected chi connectivity index (χ2v) is 7.07. The molecule has 0 saturated heterocycles. The molecule has 20 heavy (non-hydrogen) atoms. The van der Waals surface area contributed by atoms with Crippen LogP contribution in [0.4, 0.5) is 0 Å². The molecular formula is C14H18N2O2S2. The highest BCUT2D eigenvalue weighted by molar-refractivity contribution is 7.89. The number of thiophene rings is 1. The lowest BCUT2D eigenvalue weighted by Crippen LogP contribution is -2.29. The normalized spacial score (nSPS) is 13.3. The van der Waals surface area contributed by atoms with Gasteiger partial charge in [0.25, 0.3) is 0 Å². The van der Waals surface area contributed by atoms with Crippen LogP contribution in [0.5, 0.6) is 0 Å². The van der Waals surface area contributed by atoms with Crippen molar-refractivity contribution in [1.29, 1.82) is 0 Å². The summed E-state index contributed by atoms with van der Waals surface area (Å²) < 4.78 is 27.8. The van der Waals surface area contributed by atoms with Crippen LogP contribution in [0.1, 0.15) is 29.8 Å². The number of sulfonamides is 1. The third-order valence-electron chi connectivity index (χ3n) is 3.07. The molecule has 0 radical (unpaired) electrons. The molecule has 1 atom stereocenters. The zero-order valence-electron chi connectivity index (χ0n) is 11.2. The first kappa shape index (κ1) is 15.2. The molecule has 1 aromatic heterocycles. The van der Waals surface area contributed by atoms with Crippen molar-refractivity contribution in [2.75, 3.05) is 0 Å². The molecular weight excluding hydrogens is 292 g/mol. The first-order chi connectivity index (χ1) is 9.58. The smallest absolute Gasteiger partial charge is 0.241 e. The predicted molar refractivity (Wildman–Crippen MR) is 82.0 cm³/mol. The molecule has 2 rings (SSSR count). The maximum Gasteiger partial charge on any atom is 0.241 e. The van der Waals surface area contributed by atoms with E-state index in [4.69, 9.17) is 5.73 Å². The highest BCUT2D eigenvalue weighted by atomic mass is 32.2. The number of hydrogen-bond acceptors (Lipinski definition) is 4. The SMILES string of the molecule is CCC(NS(=O)(=O)c1ccccc1CN)c1cccs1. The van der Waals surface area contributed by atoms with Crippen molar-refractivity contribution < 1.29 is 8.42 Å². The van der Waals surface area contributed by atoms with Crippen LogP contribution in [-0.4, -0.2) is 8.42 Å². The van der Waals surface area contributed by atoms with E-state index in [-0.39, 0.29) is 17.5 Å². The molecule has 0 fully saturated rings. The van der Waals surface area contributed by atoms with Gasteiger partial charge in [0.05, 0.1) is 10.9 Å². The number of nitrogens with one attached hydrogen (secondary N) is 1. The summed E-state index contributed by atoms with van der Waals surface area (Å²) in [7, 11) is -3.56. The maximum absolute atomic E-state index is 12.5. The Hall–Kier alpha value is -1.21. The van der Waals surface area contributed by atoms with Crippen molar-refractivity contribution in [2.24, 2.45) is 5.73 Å². The van der Waals surface area contributed by atoms with Gasteiger partial charge in [0.15, 0.2) is 0 Å². The minimum Gasteiger partial charge on any atom is -0.326 e. The van der Waals surface area contributed by atoms with Crippen molar-refractivity contribution >= 4 is 21.4 Å². The molecule has 2 aromatic rings. The Morgan fingerprint density at radius 1 is 1.25 bits per heavy atom. The molecule has 0 amide bonds. The second kappa shape index (κ2) is 6.49. The van der Waals surface area contributed by atoms with Gasteiger partial charge < -0.3 is 5.73 Å². The van der Waals surface area contributed by atoms with Gasteiger partial charge in [0, 0.05) is 11.4 Å². The Labute approximate surface area is 123 Å². The average Bonchev–Trinajstić information content (AvgIpc) is 2.98. The fourth-order valence-electron chi connectivity index (χ4n) is 2.02. The molecule has 1 heterocycles. The van der Waals surface area contributed by atoms with E-state index in [1.165, 1.54) is 0 Å². The van der Waals surface area contributed by atoms with E-state index in [9.17, 15) is 8.42 Å². The Bertz CT molecular complexity index is 652. The third kappa shape index (κ3) is 3.27. The predicted octanol–water partition coefficient (Wildman–Crippen LogP) is 2.64. The molecule has 0 aliphatic rings. The van der Waals surface area contributed by atoms with Crippen molar-refractivity contribution in [3.63, 3.8) is 0 Å².